The largest absolute Gasteiger partial charge is 0.494 e. The van der Waals surface area contributed by atoms with Gasteiger partial charge in [-0.1, -0.05) is 64.4 Å². The molecule has 190 valence electrons. The van der Waals surface area contributed by atoms with Crippen molar-refractivity contribution < 1.29 is 14.3 Å². The Morgan fingerprint density at radius 1 is 0.824 bits per heavy atom. The van der Waals surface area contributed by atoms with Crippen LogP contribution in [0.25, 0.3) is 0 Å². The molecule has 2 saturated carbocycles. The number of rotatable bonds is 14. The minimum atomic E-state index is -0.0732. The number of carbonyl (C=O) groups is 1. The van der Waals surface area contributed by atoms with Gasteiger partial charge in [0.15, 0.2) is 0 Å². The van der Waals surface area contributed by atoms with Crippen molar-refractivity contribution in [2.24, 2.45) is 23.7 Å². The van der Waals surface area contributed by atoms with Gasteiger partial charge in [-0.15, -0.1) is 6.58 Å². The smallest absolute Gasteiger partial charge is 0.314 e. The Balaban J connectivity index is 1.27. The molecule has 0 N–H and O–H groups in total. The summed E-state index contributed by atoms with van der Waals surface area (Å²) < 4.78 is 11.6. The van der Waals surface area contributed by atoms with Gasteiger partial charge in [0.2, 0.25) is 0 Å². The fourth-order valence-corrected chi connectivity index (χ4v) is 5.90. The Labute approximate surface area is 208 Å². The fourth-order valence-electron chi connectivity index (χ4n) is 5.90. The Hall–Kier alpha value is -1.77. The summed E-state index contributed by atoms with van der Waals surface area (Å²) in [6.07, 6.45) is 22.1. The number of esters is 1. The molecule has 0 radical (unpaired) electrons. The number of unbranched alkanes of at least 4 members (excludes halogenated alkanes) is 2. The number of allylic oxidation sites excluding steroid dienone is 1. The van der Waals surface area contributed by atoms with Crippen LogP contribution in [0.15, 0.2) is 36.9 Å². The summed E-state index contributed by atoms with van der Waals surface area (Å²) in [5, 5.41) is 0. The molecule has 2 fully saturated rings. The highest BCUT2D eigenvalue weighted by Crippen LogP contribution is 2.35. The molecular formula is C31H48O3. The van der Waals surface area contributed by atoms with Crippen LogP contribution in [0.3, 0.4) is 0 Å². The number of benzene rings is 1. The van der Waals surface area contributed by atoms with Crippen LogP contribution < -0.4 is 9.47 Å². The second-order valence-corrected chi connectivity index (χ2v) is 10.8. The maximum absolute atomic E-state index is 12.6. The van der Waals surface area contributed by atoms with Crippen molar-refractivity contribution in [3.05, 3.63) is 36.9 Å². The molecule has 3 nitrogen and oxygen atoms in total. The third-order valence-electron chi connectivity index (χ3n) is 8.21. The highest BCUT2D eigenvalue weighted by atomic mass is 16.5. The van der Waals surface area contributed by atoms with E-state index >= 15 is 0 Å². The molecule has 34 heavy (non-hydrogen) atoms. The highest BCUT2D eigenvalue weighted by Gasteiger charge is 2.27. The molecular weight excluding hydrogens is 420 g/mol. The SMILES string of the molecule is C=CCC[C@H]1CC[C@H](C(=O)Oc2ccc(OCCC[C@H]3CC[C@H](CCCCC)CC3)cc2)CC1. The van der Waals surface area contributed by atoms with Gasteiger partial charge in [-0.05, 0) is 93.4 Å². The van der Waals surface area contributed by atoms with Gasteiger partial charge in [0, 0.05) is 0 Å². The third-order valence-corrected chi connectivity index (χ3v) is 8.21. The minimum Gasteiger partial charge on any atom is -0.494 e. The molecule has 0 atom stereocenters. The van der Waals surface area contributed by atoms with Gasteiger partial charge < -0.3 is 9.47 Å². The van der Waals surface area contributed by atoms with Crippen LogP contribution in [0.4, 0.5) is 0 Å². The second-order valence-electron chi connectivity index (χ2n) is 10.8. The van der Waals surface area contributed by atoms with E-state index in [-0.39, 0.29) is 11.9 Å². The zero-order valence-corrected chi connectivity index (χ0v) is 21.6. The summed E-state index contributed by atoms with van der Waals surface area (Å²) in [4.78, 5) is 12.6. The Morgan fingerprint density at radius 3 is 2.00 bits per heavy atom. The van der Waals surface area contributed by atoms with Gasteiger partial charge >= 0.3 is 5.97 Å². The average molecular weight is 469 g/mol. The standard InChI is InChI=1S/C31H48O3/c1-3-5-7-10-26-12-14-27(15-13-26)11-8-24-33-29-20-22-30(23-21-29)34-31(32)28-18-16-25(17-19-28)9-6-4-2/h4,20-23,25-28H,2-3,5-19,24H2,1H3/t25-,26-,27-,28-. The number of hydrogen-bond acceptors (Lipinski definition) is 3. The minimum absolute atomic E-state index is 0.0438. The van der Waals surface area contributed by atoms with E-state index < -0.39 is 0 Å². The molecule has 0 aromatic heterocycles. The van der Waals surface area contributed by atoms with Gasteiger partial charge in [-0.3, -0.25) is 4.79 Å². The Kier molecular flexibility index (Phi) is 12.1. The first-order chi connectivity index (χ1) is 16.7. The maximum Gasteiger partial charge on any atom is 0.314 e. The average Bonchev–Trinajstić information content (AvgIpc) is 2.87. The Bertz CT molecular complexity index is 694. The lowest BCUT2D eigenvalue weighted by atomic mass is 9.78. The van der Waals surface area contributed by atoms with Crippen molar-refractivity contribution in [1.29, 1.82) is 0 Å². The monoisotopic (exact) mass is 468 g/mol. The summed E-state index contributed by atoms with van der Waals surface area (Å²) in [6, 6.07) is 7.58. The Morgan fingerprint density at radius 2 is 1.38 bits per heavy atom. The van der Waals surface area contributed by atoms with Gasteiger partial charge in [0.25, 0.3) is 0 Å². The van der Waals surface area contributed by atoms with Gasteiger partial charge in [-0.2, -0.15) is 0 Å². The van der Waals surface area contributed by atoms with Crippen molar-refractivity contribution in [1.82, 2.24) is 0 Å². The summed E-state index contributed by atoms with van der Waals surface area (Å²) in [7, 11) is 0. The molecule has 3 heteroatoms. The van der Waals surface area contributed by atoms with E-state index in [1.165, 1.54) is 64.2 Å². The van der Waals surface area contributed by atoms with Crippen LogP contribution in [0.1, 0.15) is 110 Å². The van der Waals surface area contributed by atoms with Crippen LogP contribution >= 0.6 is 0 Å². The summed E-state index contributed by atoms with van der Waals surface area (Å²) in [5.74, 6) is 4.08. The quantitative estimate of drug-likeness (QED) is 0.118. The molecule has 0 amide bonds. The van der Waals surface area contributed by atoms with Gasteiger partial charge in [0.1, 0.15) is 11.5 Å². The summed E-state index contributed by atoms with van der Waals surface area (Å²) in [6.45, 7) is 6.87. The van der Waals surface area contributed by atoms with Crippen LogP contribution in [0.2, 0.25) is 0 Å². The molecule has 1 aromatic carbocycles. The molecule has 0 aliphatic heterocycles. The molecule has 3 rings (SSSR count). The number of carbonyl (C=O) groups excluding carboxylic acids is 1. The lowest BCUT2D eigenvalue weighted by Crippen LogP contribution is -2.25. The molecule has 0 saturated heterocycles. The first-order valence-electron chi connectivity index (χ1n) is 14.2. The first-order valence-corrected chi connectivity index (χ1v) is 14.2. The molecule has 2 aliphatic rings. The first kappa shape index (κ1) is 26.8. The topological polar surface area (TPSA) is 35.5 Å². The maximum atomic E-state index is 12.6. The molecule has 0 spiro atoms. The zero-order valence-electron chi connectivity index (χ0n) is 21.6. The molecule has 0 unspecified atom stereocenters. The van der Waals surface area contributed by atoms with Crippen molar-refractivity contribution in [3.8, 4) is 11.5 Å². The van der Waals surface area contributed by atoms with Crippen LogP contribution in [-0.4, -0.2) is 12.6 Å². The fraction of sp³-hybridized carbons (Fsp3) is 0.710. The van der Waals surface area contributed by atoms with E-state index in [4.69, 9.17) is 9.47 Å². The lowest BCUT2D eigenvalue weighted by molar-refractivity contribution is -0.140. The van der Waals surface area contributed by atoms with Crippen LogP contribution in [0.5, 0.6) is 11.5 Å². The van der Waals surface area contributed by atoms with Crippen molar-refractivity contribution in [2.75, 3.05) is 6.61 Å². The predicted octanol–water partition coefficient (Wildman–Crippen LogP) is 8.91. The molecule has 1 aromatic rings. The van der Waals surface area contributed by atoms with E-state index in [2.05, 4.69) is 13.5 Å². The van der Waals surface area contributed by atoms with E-state index in [0.717, 1.165) is 68.6 Å². The summed E-state index contributed by atoms with van der Waals surface area (Å²) >= 11 is 0. The van der Waals surface area contributed by atoms with E-state index in [9.17, 15) is 4.79 Å². The molecule has 0 heterocycles. The van der Waals surface area contributed by atoms with Crippen molar-refractivity contribution in [2.45, 2.75) is 110 Å². The second kappa shape index (κ2) is 15.3. The van der Waals surface area contributed by atoms with E-state index in [1.807, 2.05) is 30.3 Å². The normalized spacial score (nSPS) is 25.0. The number of ether oxygens (including phenoxy) is 2. The summed E-state index contributed by atoms with van der Waals surface area (Å²) in [5.41, 5.74) is 0. The van der Waals surface area contributed by atoms with E-state index in [0.29, 0.717) is 5.75 Å². The van der Waals surface area contributed by atoms with Crippen LogP contribution in [-0.2, 0) is 4.79 Å². The van der Waals surface area contributed by atoms with Gasteiger partial charge in [-0.25, -0.2) is 0 Å². The third kappa shape index (κ3) is 9.47. The van der Waals surface area contributed by atoms with Crippen molar-refractivity contribution in [3.63, 3.8) is 0 Å². The zero-order chi connectivity index (χ0) is 24.0. The molecule has 0 bridgehead atoms. The highest BCUT2D eigenvalue weighted by molar-refractivity contribution is 5.75. The van der Waals surface area contributed by atoms with Crippen LogP contribution in [0, 0.1) is 23.7 Å². The van der Waals surface area contributed by atoms with Gasteiger partial charge in [0.05, 0.1) is 12.5 Å². The molecule has 2 aliphatic carbocycles. The number of hydrogen-bond donors (Lipinski definition) is 0. The van der Waals surface area contributed by atoms with E-state index in [1.54, 1.807) is 0 Å². The predicted molar refractivity (Wildman–Crippen MR) is 141 cm³/mol. The van der Waals surface area contributed by atoms with Crippen molar-refractivity contribution >= 4 is 5.97 Å². The lowest BCUT2D eigenvalue weighted by Gasteiger charge is -2.28.